The molecule has 8 nitrogen and oxygen atoms in total. The highest BCUT2D eigenvalue weighted by atomic mass is 32.2. The van der Waals surface area contributed by atoms with E-state index in [1.54, 1.807) is 0 Å². The van der Waals surface area contributed by atoms with Crippen LogP contribution in [0.15, 0.2) is 0 Å². The number of hydrogen-bond donors (Lipinski definition) is 1. The van der Waals surface area contributed by atoms with Gasteiger partial charge in [0, 0.05) is 21.0 Å². The van der Waals surface area contributed by atoms with Gasteiger partial charge < -0.3 is 29.0 Å². The fraction of sp³-hybridized carbons (Fsp3) is 0.875. The molecule has 10 heteroatoms. The summed E-state index contributed by atoms with van der Waals surface area (Å²) in [7, 11) is 1.52. The number of methoxy groups -OCH3 is 1. The number of carbonyl (C=O) groups excluding carboxylic acids is 2. The first-order valence-corrected chi connectivity index (χ1v) is 10.6. The van der Waals surface area contributed by atoms with E-state index in [2.05, 4.69) is 5.32 Å². The van der Waals surface area contributed by atoms with E-state index >= 15 is 0 Å². The Hall–Kier alpha value is -0.520. The van der Waals surface area contributed by atoms with Crippen LogP contribution in [0.25, 0.3) is 0 Å². The Morgan fingerprint density at radius 2 is 1.88 bits per heavy atom. The quantitative estimate of drug-likeness (QED) is 0.442. The minimum atomic E-state index is -0.554. The van der Waals surface area contributed by atoms with Crippen molar-refractivity contribution in [3.63, 3.8) is 0 Å². The predicted molar refractivity (Wildman–Crippen MR) is 98.9 cm³/mol. The van der Waals surface area contributed by atoms with Crippen molar-refractivity contribution in [2.24, 2.45) is 0 Å². The number of rotatable bonds is 9. The highest BCUT2D eigenvalue weighted by Gasteiger charge is 2.45. The molecule has 2 aliphatic rings. The number of thioether (sulfide) groups is 2. The highest BCUT2D eigenvalue weighted by Crippen LogP contribution is 2.37. The maximum atomic E-state index is 11.8. The number of nitrogens with one attached hydrogen (secondary N) is 1. The van der Waals surface area contributed by atoms with Crippen LogP contribution in [0.4, 0.5) is 0 Å². The summed E-state index contributed by atoms with van der Waals surface area (Å²) < 4.78 is 27.5. The lowest BCUT2D eigenvalue weighted by Gasteiger charge is -2.36. The molecule has 150 valence electrons. The lowest BCUT2D eigenvalue weighted by atomic mass is 10.0. The molecule has 0 bridgehead atoms. The summed E-state index contributed by atoms with van der Waals surface area (Å²) in [5.41, 5.74) is 0. The Balaban J connectivity index is 2.12. The first kappa shape index (κ1) is 21.8. The number of hydrogen-bond acceptors (Lipinski definition) is 9. The van der Waals surface area contributed by atoms with Crippen LogP contribution in [-0.2, 0) is 33.3 Å². The average molecular weight is 410 g/mol. The van der Waals surface area contributed by atoms with Crippen molar-refractivity contribution in [3.05, 3.63) is 0 Å². The zero-order chi connectivity index (χ0) is 18.9. The second kappa shape index (κ2) is 11.4. The summed E-state index contributed by atoms with van der Waals surface area (Å²) in [6, 6.07) is -0.235. The second-order valence-corrected chi connectivity index (χ2v) is 8.78. The Bertz CT molecular complexity index is 462. The van der Waals surface area contributed by atoms with Crippen molar-refractivity contribution < 1.29 is 33.3 Å². The Kier molecular flexibility index (Phi) is 9.51. The summed E-state index contributed by atoms with van der Waals surface area (Å²) in [5, 5.41) is 3.02. The van der Waals surface area contributed by atoms with Gasteiger partial charge in [0.05, 0.1) is 10.6 Å². The van der Waals surface area contributed by atoms with Crippen molar-refractivity contribution in [2.75, 3.05) is 38.8 Å². The van der Waals surface area contributed by atoms with Crippen LogP contribution in [0.3, 0.4) is 0 Å². The summed E-state index contributed by atoms with van der Waals surface area (Å²) in [6.07, 6.45) is -0.291. The summed E-state index contributed by atoms with van der Waals surface area (Å²) in [4.78, 5) is 23.0. The van der Waals surface area contributed by atoms with E-state index in [0.29, 0.717) is 0 Å². The molecule has 0 saturated carbocycles. The van der Waals surface area contributed by atoms with E-state index in [-0.39, 0.29) is 36.7 Å². The summed E-state index contributed by atoms with van der Waals surface area (Å²) in [6.45, 7) is 3.00. The van der Waals surface area contributed by atoms with Crippen molar-refractivity contribution in [1.82, 2.24) is 5.32 Å². The molecule has 0 aromatic heterocycles. The third kappa shape index (κ3) is 6.58. The van der Waals surface area contributed by atoms with Gasteiger partial charge in [0.25, 0.3) is 0 Å². The third-order valence-electron chi connectivity index (χ3n) is 3.93. The molecule has 0 aromatic carbocycles. The number of esters is 1. The molecule has 26 heavy (non-hydrogen) atoms. The van der Waals surface area contributed by atoms with Gasteiger partial charge in [-0.05, 0) is 17.9 Å². The molecular weight excluding hydrogens is 382 g/mol. The molecule has 4 atom stereocenters. The SMILES string of the molecule is COCO[C@H](COC(C)=O)[C@H]1OCO[C@@H]1[C@@H](NC(C)=O)C1SCCCS1. The smallest absolute Gasteiger partial charge is 0.302 e. The van der Waals surface area contributed by atoms with Gasteiger partial charge in [-0.2, -0.15) is 0 Å². The van der Waals surface area contributed by atoms with Gasteiger partial charge in [-0.1, -0.05) is 0 Å². The van der Waals surface area contributed by atoms with E-state index < -0.39 is 24.3 Å². The van der Waals surface area contributed by atoms with Gasteiger partial charge in [0.1, 0.15) is 38.5 Å². The molecular formula is C16H27NO7S2. The summed E-state index contributed by atoms with van der Waals surface area (Å²) in [5.74, 6) is 1.57. The van der Waals surface area contributed by atoms with Crippen molar-refractivity contribution >= 4 is 35.4 Å². The molecule has 0 unspecified atom stereocenters. The van der Waals surface area contributed by atoms with Crippen molar-refractivity contribution in [1.29, 1.82) is 0 Å². The number of amides is 1. The number of ether oxygens (including phenoxy) is 5. The molecule has 0 radical (unpaired) electrons. The fourth-order valence-corrected chi connectivity index (χ4v) is 5.95. The molecule has 2 aliphatic heterocycles. The molecule has 1 N–H and O–H groups in total. The third-order valence-corrected chi connectivity index (χ3v) is 7.04. The lowest BCUT2D eigenvalue weighted by Crippen LogP contribution is -2.55. The monoisotopic (exact) mass is 409 g/mol. The second-order valence-electron chi connectivity index (χ2n) is 5.98. The van der Waals surface area contributed by atoms with Crippen LogP contribution in [0.2, 0.25) is 0 Å². The molecule has 1 amide bonds. The van der Waals surface area contributed by atoms with Crippen molar-refractivity contribution in [3.8, 4) is 0 Å². The lowest BCUT2D eigenvalue weighted by molar-refractivity contribution is -0.161. The van der Waals surface area contributed by atoms with Crippen molar-refractivity contribution in [2.45, 2.75) is 49.2 Å². The predicted octanol–water partition coefficient (Wildman–Crippen LogP) is 0.981. The highest BCUT2D eigenvalue weighted by molar-refractivity contribution is 8.17. The van der Waals surface area contributed by atoms with Gasteiger partial charge in [0.2, 0.25) is 5.91 Å². The largest absolute Gasteiger partial charge is 0.463 e. The first-order chi connectivity index (χ1) is 12.5. The maximum Gasteiger partial charge on any atom is 0.302 e. The van der Waals surface area contributed by atoms with Gasteiger partial charge in [-0.25, -0.2) is 0 Å². The van der Waals surface area contributed by atoms with Crippen LogP contribution in [0, 0.1) is 0 Å². The zero-order valence-electron chi connectivity index (χ0n) is 15.3. The Labute approximate surface area is 162 Å². The molecule has 0 aromatic rings. The summed E-state index contributed by atoms with van der Waals surface area (Å²) >= 11 is 3.62. The van der Waals surface area contributed by atoms with E-state index in [1.807, 2.05) is 23.5 Å². The topological polar surface area (TPSA) is 92.3 Å². The normalized spacial score (nSPS) is 26.3. The van der Waals surface area contributed by atoms with Crippen LogP contribution in [-0.4, -0.2) is 79.6 Å². The first-order valence-electron chi connectivity index (χ1n) is 8.50. The van der Waals surface area contributed by atoms with Crippen LogP contribution < -0.4 is 5.32 Å². The van der Waals surface area contributed by atoms with Crippen LogP contribution >= 0.6 is 23.5 Å². The molecule has 2 rings (SSSR count). The van der Waals surface area contributed by atoms with Crippen LogP contribution in [0.1, 0.15) is 20.3 Å². The molecule has 2 saturated heterocycles. The maximum absolute atomic E-state index is 11.8. The molecule has 0 aliphatic carbocycles. The molecule has 2 fully saturated rings. The van der Waals surface area contributed by atoms with E-state index in [4.69, 9.17) is 23.7 Å². The van der Waals surface area contributed by atoms with Gasteiger partial charge >= 0.3 is 5.97 Å². The van der Waals surface area contributed by atoms with Gasteiger partial charge in [-0.3, -0.25) is 9.59 Å². The van der Waals surface area contributed by atoms with E-state index in [1.165, 1.54) is 21.0 Å². The minimum Gasteiger partial charge on any atom is -0.463 e. The standard InChI is InChI=1S/C16H27NO7S2/c1-10(18)17-13(16-25-5-4-6-26-16)15-14(23-9-24-15)12(22-8-20-3)7-21-11(2)19/h12-16H,4-9H2,1-3H3,(H,17,18)/t12-,13-,14-,15-/m1/s1. The van der Waals surface area contributed by atoms with Gasteiger partial charge in [0.15, 0.2) is 0 Å². The number of carbonyl (C=O) groups is 2. The Morgan fingerprint density at radius 1 is 1.19 bits per heavy atom. The molecule has 2 heterocycles. The van der Waals surface area contributed by atoms with Gasteiger partial charge in [-0.15, -0.1) is 23.5 Å². The van der Waals surface area contributed by atoms with E-state index in [0.717, 1.165) is 17.9 Å². The fourth-order valence-electron chi connectivity index (χ4n) is 2.86. The zero-order valence-corrected chi connectivity index (χ0v) is 16.9. The molecule has 0 spiro atoms. The van der Waals surface area contributed by atoms with Crippen LogP contribution in [0.5, 0.6) is 0 Å². The average Bonchev–Trinajstić information content (AvgIpc) is 3.09. The minimum absolute atomic E-state index is 0.0287. The Morgan fingerprint density at radius 3 is 2.50 bits per heavy atom. The van der Waals surface area contributed by atoms with E-state index in [9.17, 15) is 9.59 Å².